The van der Waals surface area contributed by atoms with Gasteiger partial charge in [-0.1, -0.05) is 30.3 Å². The number of aliphatic imine (C=N–C) groups is 1. The Bertz CT molecular complexity index is 566. The van der Waals surface area contributed by atoms with E-state index in [4.69, 9.17) is 9.47 Å². The third-order valence-corrected chi connectivity index (χ3v) is 5.11. The molecule has 2 atom stereocenters. The molecule has 3 rings (SSSR count). The predicted octanol–water partition coefficient (Wildman–Crippen LogP) is 1.57. The molecule has 1 N–H and O–H groups in total. The van der Waals surface area contributed by atoms with Gasteiger partial charge in [0, 0.05) is 53.0 Å². The summed E-state index contributed by atoms with van der Waals surface area (Å²) in [5.41, 5.74) is 1.37. The van der Waals surface area contributed by atoms with Crippen molar-refractivity contribution >= 4 is 5.96 Å². The number of ether oxygens (including phenoxy) is 2. The molecule has 1 aromatic rings. The van der Waals surface area contributed by atoms with Crippen LogP contribution in [0.15, 0.2) is 35.3 Å². The van der Waals surface area contributed by atoms with E-state index < -0.39 is 0 Å². The first-order valence-electron chi connectivity index (χ1n) is 9.74. The molecule has 26 heavy (non-hydrogen) atoms. The lowest BCUT2D eigenvalue weighted by Crippen LogP contribution is -2.50. The monoisotopic (exact) mass is 360 g/mol. The van der Waals surface area contributed by atoms with Gasteiger partial charge in [0.15, 0.2) is 5.96 Å². The van der Waals surface area contributed by atoms with Gasteiger partial charge in [-0.15, -0.1) is 0 Å². The average Bonchev–Trinajstić information content (AvgIpc) is 3.11. The van der Waals surface area contributed by atoms with E-state index in [2.05, 4.69) is 50.4 Å². The number of likely N-dealkylation sites (tertiary alicyclic amines) is 1. The molecule has 1 aromatic carbocycles. The molecule has 2 aliphatic rings. The van der Waals surface area contributed by atoms with Gasteiger partial charge >= 0.3 is 0 Å². The summed E-state index contributed by atoms with van der Waals surface area (Å²) < 4.78 is 11.5. The Morgan fingerprint density at radius 2 is 2.15 bits per heavy atom. The molecule has 0 aromatic heterocycles. The van der Waals surface area contributed by atoms with Crippen LogP contribution in [-0.4, -0.2) is 81.0 Å². The lowest BCUT2D eigenvalue weighted by Gasteiger charge is -2.36. The number of guanidine groups is 1. The minimum absolute atomic E-state index is 0.259. The summed E-state index contributed by atoms with van der Waals surface area (Å²) in [7, 11) is 1.86. The van der Waals surface area contributed by atoms with Crippen molar-refractivity contribution in [2.24, 2.45) is 4.99 Å². The van der Waals surface area contributed by atoms with E-state index in [1.807, 2.05) is 14.0 Å². The molecule has 0 radical (unpaired) electrons. The van der Waals surface area contributed by atoms with E-state index in [0.717, 1.165) is 64.9 Å². The second-order valence-electron chi connectivity index (χ2n) is 6.86. The SMILES string of the molecule is CCOCCCNC(=NC)N1CC2OCCN(Cc3ccccc3)C2C1. The van der Waals surface area contributed by atoms with Crippen molar-refractivity contribution in [2.75, 3.05) is 53.0 Å². The van der Waals surface area contributed by atoms with Crippen molar-refractivity contribution in [3.63, 3.8) is 0 Å². The Balaban J connectivity index is 1.54. The molecule has 2 unspecified atom stereocenters. The van der Waals surface area contributed by atoms with E-state index in [1.165, 1.54) is 5.56 Å². The molecule has 144 valence electrons. The summed E-state index contributed by atoms with van der Waals surface area (Å²) in [6.07, 6.45) is 1.25. The quantitative estimate of drug-likeness (QED) is 0.454. The first kappa shape index (κ1) is 19.1. The Morgan fingerprint density at radius 1 is 1.31 bits per heavy atom. The zero-order chi connectivity index (χ0) is 18.2. The highest BCUT2D eigenvalue weighted by atomic mass is 16.5. The number of hydrogen-bond acceptors (Lipinski definition) is 4. The van der Waals surface area contributed by atoms with Crippen LogP contribution >= 0.6 is 0 Å². The summed E-state index contributed by atoms with van der Waals surface area (Å²) in [4.78, 5) is 9.37. The molecular weight excluding hydrogens is 328 g/mol. The number of fused-ring (bicyclic) bond motifs is 1. The van der Waals surface area contributed by atoms with E-state index in [-0.39, 0.29) is 6.10 Å². The van der Waals surface area contributed by atoms with Crippen molar-refractivity contribution in [3.8, 4) is 0 Å². The molecule has 0 spiro atoms. The predicted molar refractivity (Wildman–Crippen MR) is 104 cm³/mol. The highest BCUT2D eigenvalue weighted by Crippen LogP contribution is 2.24. The lowest BCUT2D eigenvalue weighted by atomic mass is 10.1. The molecule has 0 saturated carbocycles. The number of rotatable bonds is 7. The maximum Gasteiger partial charge on any atom is 0.193 e. The third-order valence-electron chi connectivity index (χ3n) is 5.11. The Kier molecular flexibility index (Phi) is 7.29. The smallest absolute Gasteiger partial charge is 0.193 e. The fourth-order valence-corrected chi connectivity index (χ4v) is 3.80. The third kappa shape index (κ3) is 4.96. The molecule has 2 fully saturated rings. The van der Waals surface area contributed by atoms with Crippen LogP contribution in [0.25, 0.3) is 0 Å². The number of benzene rings is 1. The van der Waals surface area contributed by atoms with Gasteiger partial charge in [-0.3, -0.25) is 9.89 Å². The summed E-state index contributed by atoms with van der Waals surface area (Å²) in [5, 5.41) is 3.47. The van der Waals surface area contributed by atoms with E-state index in [0.29, 0.717) is 6.04 Å². The molecule has 2 saturated heterocycles. The van der Waals surface area contributed by atoms with Gasteiger partial charge in [-0.05, 0) is 18.9 Å². The minimum Gasteiger partial charge on any atom is -0.382 e. The Morgan fingerprint density at radius 3 is 2.92 bits per heavy atom. The zero-order valence-electron chi connectivity index (χ0n) is 16.1. The summed E-state index contributed by atoms with van der Waals surface area (Å²) in [6, 6.07) is 11.1. The van der Waals surface area contributed by atoms with E-state index in [9.17, 15) is 0 Å². The molecule has 0 aliphatic carbocycles. The van der Waals surface area contributed by atoms with Crippen LogP contribution in [-0.2, 0) is 16.0 Å². The van der Waals surface area contributed by atoms with Crippen LogP contribution in [0.2, 0.25) is 0 Å². The second kappa shape index (κ2) is 9.90. The molecular formula is C20H32N4O2. The van der Waals surface area contributed by atoms with Crippen LogP contribution < -0.4 is 5.32 Å². The molecule has 2 heterocycles. The van der Waals surface area contributed by atoms with Gasteiger partial charge in [0.25, 0.3) is 0 Å². The topological polar surface area (TPSA) is 49.3 Å². The van der Waals surface area contributed by atoms with Crippen molar-refractivity contribution in [2.45, 2.75) is 32.0 Å². The van der Waals surface area contributed by atoms with Gasteiger partial charge in [0.1, 0.15) is 0 Å². The first-order valence-corrected chi connectivity index (χ1v) is 9.74. The molecule has 0 amide bonds. The van der Waals surface area contributed by atoms with Crippen molar-refractivity contribution in [3.05, 3.63) is 35.9 Å². The van der Waals surface area contributed by atoms with Crippen LogP contribution in [0.1, 0.15) is 18.9 Å². The fraction of sp³-hybridized carbons (Fsp3) is 0.650. The van der Waals surface area contributed by atoms with Crippen molar-refractivity contribution in [1.82, 2.24) is 15.1 Å². The van der Waals surface area contributed by atoms with Gasteiger partial charge in [0.2, 0.25) is 0 Å². The molecule has 6 heteroatoms. The highest BCUT2D eigenvalue weighted by molar-refractivity contribution is 5.80. The summed E-state index contributed by atoms with van der Waals surface area (Å²) in [5.74, 6) is 0.971. The largest absolute Gasteiger partial charge is 0.382 e. The number of morpholine rings is 1. The highest BCUT2D eigenvalue weighted by Gasteiger charge is 2.41. The summed E-state index contributed by atoms with van der Waals surface area (Å²) >= 11 is 0. The second-order valence-corrected chi connectivity index (χ2v) is 6.86. The van der Waals surface area contributed by atoms with Gasteiger partial charge in [-0.25, -0.2) is 0 Å². The van der Waals surface area contributed by atoms with E-state index >= 15 is 0 Å². The fourth-order valence-electron chi connectivity index (χ4n) is 3.80. The van der Waals surface area contributed by atoms with Crippen molar-refractivity contribution < 1.29 is 9.47 Å². The first-order chi connectivity index (χ1) is 12.8. The van der Waals surface area contributed by atoms with Crippen molar-refractivity contribution in [1.29, 1.82) is 0 Å². The van der Waals surface area contributed by atoms with Crippen LogP contribution in [0.3, 0.4) is 0 Å². The minimum atomic E-state index is 0.259. The van der Waals surface area contributed by atoms with Gasteiger partial charge in [0.05, 0.1) is 18.8 Å². The maximum atomic E-state index is 6.07. The lowest BCUT2D eigenvalue weighted by molar-refractivity contribution is -0.0502. The summed E-state index contributed by atoms with van der Waals surface area (Å²) in [6.45, 7) is 9.13. The van der Waals surface area contributed by atoms with Crippen LogP contribution in [0, 0.1) is 0 Å². The molecule has 2 aliphatic heterocycles. The molecule has 0 bridgehead atoms. The van der Waals surface area contributed by atoms with Gasteiger partial charge < -0.3 is 19.7 Å². The van der Waals surface area contributed by atoms with Gasteiger partial charge in [-0.2, -0.15) is 0 Å². The maximum absolute atomic E-state index is 6.07. The van der Waals surface area contributed by atoms with E-state index in [1.54, 1.807) is 0 Å². The Labute approximate surface area is 157 Å². The number of nitrogens with zero attached hydrogens (tertiary/aromatic N) is 3. The average molecular weight is 361 g/mol. The zero-order valence-corrected chi connectivity index (χ0v) is 16.1. The normalized spacial score (nSPS) is 23.9. The Hall–Kier alpha value is -1.63. The van der Waals surface area contributed by atoms with Crippen LogP contribution in [0.4, 0.5) is 0 Å². The van der Waals surface area contributed by atoms with Crippen LogP contribution in [0.5, 0.6) is 0 Å². The molecule has 6 nitrogen and oxygen atoms in total. The number of hydrogen-bond donors (Lipinski definition) is 1. The number of nitrogens with one attached hydrogen (secondary N) is 1. The standard InChI is InChI=1S/C20H32N4O2/c1-3-25-12-7-10-22-20(21-2)24-15-18-19(16-24)26-13-11-23(18)14-17-8-5-4-6-9-17/h4-6,8-9,18-19H,3,7,10-16H2,1-2H3,(H,21,22).